The summed E-state index contributed by atoms with van der Waals surface area (Å²) in [4.78, 5) is 12.3. The Kier molecular flexibility index (Phi) is 4.21. The summed E-state index contributed by atoms with van der Waals surface area (Å²) in [7, 11) is 0. The van der Waals surface area contributed by atoms with Crippen molar-refractivity contribution in [3.8, 4) is 11.3 Å². The largest absolute Gasteiger partial charge is 0.355 e. The van der Waals surface area contributed by atoms with Crippen molar-refractivity contribution in [3.05, 3.63) is 70.4 Å². The lowest BCUT2D eigenvalue weighted by atomic mass is 10.0. The van der Waals surface area contributed by atoms with Crippen LogP contribution < -0.4 is 5.32 Å². The van der Waals surface area contributed by atoms with Crippen LogP contribution in [0, 0.1) is 27.7 Å². The van der Waals surface area contributed by atoms with Crippen molar-refractivity contribution in [1.82, 2.24) is 5.16 Å². The molecule has 1 aromatic heterocycles. The average Bonchev–Trinajstić information content (AvgIpc) is 3.04. The molecular weight excluding hydrogens is 300 g/mol. The first kappa shape index (κ1) is 16.0. The zero-order valence-corrected chi connectivity index (χ0v) is 14.3. The molecule has 3 aromatic rings. The number of aryl methyl sites for hydroxylation is 4. The lowest BCUT2D eigenvalue weighted by molar-refractivity contribution is 0.101. The van der Waals surface area contributed by atoms with Gasteiger partial charge in [-0.15, -0.1) is 0 Å². The van der Waals surface area contributed by atoms with Crippen molar-refractivity contribution >= 4 is 11.6 Å². The number of rotatable bonds is 3. The van der Waals surface area contributed by atoms with E-state index in [-0.39, 0.29) is 11.6 Å². The third kappa shape index (κ3) is 3.23. The van der Waals surface area contributed by atoms with E-state index in [0.717, 1.165) is 16.8 Å². The van der Waals surface area contributed by atoms with Gasteiger partial charge in [-0.2, -0.15) is 0 Å². The van der Waals surface area contributed by atoms with Gasteiger partial charge in [0.15, 0.2) is 11.5 Å². The van der Waals surface area contributed by atoms with Crippen molar-refractivity contribution in [2.75, 3.05) is 5.32 Å². The van der Waals surface area contributed by atoms with Gasteiger partial charge in [-0.1, -0.05) is 23.4 Å². The van der Waals surface area contributed by atoms with Crippen molar-refractivity contribution in [1.29, 1.82) is 0 Å². The maximum absolute atomic E-state index is 12.3. The molecule has 1 amide bonds. The van der Waals surface area contributed by atoms with Crippen LogP contribution in [0.2, 0.25) is 0 Å². The molecule has 0 aliphatic heterocycles. The highest BCUT2D eigenvalue weighted by Gasteiger charge is 2.14. The van der Waals surface area contributed by atoms with Gasteiger partial charge in [-0.25, -0.2) is 0 Å². The standard InChI is InChI=1S/C20H20N2O2/c1-12-5-7-16(9-14(12)3)19-11-18(22-24-19)20(23)21-17-8-6-13(2)15(4)10-17/h5-11H,1-4H3,(H,21,23). The molecule has 0 fully saturated rings. The Morgan fingerprint density at radius 3 is 2.21 bits per heavy atom. The molecule has 24 heavy (non-hydrogen) atoms. The number of hydrogen-bond donors (Lipinski definition) is 1. The molecule has 3 rings (SSSR count). The fourth-order valence-corrected chi connectivity index (χ4v) is 2.43. The van der Waals surface area contributed by atoms with Crippen molar-refractivity contribution in [2.45, 2.75) is 27.7 Å². The van der Waals surface area contributed by atoms with Gasteiger partial charge in [0.25, 0.3) is 5.91 Å². The minimum absolute atomic E-state index is 0.265. The van der Waals surface area contributed by atoms with Crippen molar-refractivity contribution < 1.29 is 9.32 Å². The Bertz CT molecular complexity index is 910. The molecule has 0 spiro atoms. The van der Waals surface area contributed by atoms with Crippen molar-refractivity contribution in [2.24, 2.45) is 0 Å². The summed E-state index contributed by atoms with van der Waals surface area (Å²) in [6, 6.07) is 13.5. The molecule has 1 N–H and O–H groups in total. The zero-order chi connectivity index (χ0) is 17.3. The molecule has 0 atom stereocenters. The number of anilines is 1. The fourth-order valence-electron chi connectivity index (χ4n) is 2.43. The molecule has 0 bridgehead atoms. The second kappa shape index (κ2) is 6.32. The van der Waals surface area contributed by atoms with E-state index in [4.69, 9.17) is 4.52 Å². The molecule has 1 heterocycles. The SMILES string of the molecule is Cc1ccc(NC(=O)c2cc(-c3ccc(C)c(C)c3)on2)cc1C. The maximum atomic E-state index is 12.3. The third-order valence-electron chi connectivity index (χ3n) is 4.30. The zero-order valence-electron chi connectivity index (χ0n) is 14.3. The van der Waals surface area contributed by atoms with Crippen LogP contribution in [0.3, 0.4) is 0 Å². The predicted molar refractivity (Wildman–Crippen MR) is 95.3 cm³/mol. The first-order valence-electron chi connectivity index (χ1n) is 7.87. The Balaban J connectivity index is 1.80. The Labute approximate surface area is 141 Å². The van der Waals surface area contributed by atoms with E-state index in [1.54, 1.807) is 6.07 Å². The molecule has 0 aliphatic rings. The lowest BCUT2D eigenvalue weighted by Crippen LogP contribution is -2.12. The third-order valence-corrected chi connectivity index (χ3v) is 4.30. The van der Waals surface area contributed by atoms with Gasteiger partial charge in [-0.3, -0.25) is 4.79 Å². The minimum atomic E-state index is -0.280. The van der Waals surface area contributed by atoms with Crippen LogP contribution in [-0.2, 0) is 0 Å². The van der Waals surface area contributed by atoms with E-state index in [1.165, 1.54) is 16.7 Å². The van der Waals surface area contributed by atoms with Crippen molar-refractivity contribution in [3.63, 3.8) is 0 Å². The van der Waals surface area contributed by atoms with Crippen LogP contribution >= 0.6 is 0 Å². The van der Waals surface area contributed by atoms with Gasteiger partial charge in [0.2, 0.25) is 0 Å². The molecule has 0 saturated heterocycles. The van der Waals surface area contributed by atoms with Crippen LogP contribution in [0.5, 0.6) is 0 Å². The first-order chi connectivity index (χ1) is 11.4. The molecule has 4 heteroatoms. The molecule has 0 aliphatic carbocycles. The van der Waals surface area contributed by atoms with Gasteiger partial charge in [0.05, 0.1) is 0 Å². The maximum Gasteiger partial charge on any atom is 0.277 e. The van der Waals surface area contributed by atoms with Gasteiger partial charge in [0, 0.05) is 17.3 Å². The van der Waals surface area contributed by atoms with Gasteiger partial charge in [0.1, 0.15) is 0 Å². The summed E-state index contributed by atoms with van der Waals surface area (Å²) in [6.45, 7) is 8.15. The van der Waals surface area contributed by atoms with Crippen LogP contribution in [0.4, 0.5) is 5.69 Å². The van der Waals surface area contributed by atoms with Gasteiger partial charge < -0.3 is 9.84 Å². The number of carbonyl (C=O) groups is 1. The Morgan fingerprint density at radius 2 is 1.54 bits per heavy atom. The summed E-state index contributed by atoms with van der Waals surface area (Å²) in [5.41, 5.74) is 6.63. The second-order valence-corrected chi connectivity index (χ2v) is 6.13. The minimum Gasteiger partial charge on any atom is -0.355 e. The topological polar surface area (TPSA) is 55.1 Å². The normalized spacial score (nSPS) is 10.7. The van der Waals surface area contributed by atoms with E-state index in [0.29, 0.717) is 5.76 Å². The summed E-state index contributed by atoms with van der Waals surface area (Å²) in [5, 5.41) is 6.74. The van der Waals surface area contributed by atoms with Crippen LogP contribution in [0.25, 0.3) is 11.3 Å². The highest BCUT2D eigenvalue weighted by atomic mass is 16.5. The number of aromatic nitrogens is 1. The number of carbonyl (C=O) groups excluding carboxylic acids is 1. The second-order valence-electron chi connectivity index (χ2n) is 6.13. The van der Waals surface area contributed by atoms with Crippen LogP contribution in [0.15, 0.2) is 47.0 Å². The summed E-state index contributed by atoms with van der Waals surface area (Å²) in [6.07, 6.45) is 0. The Morgan fingerprint density at radius 1 is 0.875 bits per heavy atom. The molecule has 4 nitrogen and oxygen atoms in total. The predicted octanol–water partition coefficient (Wildman–Crippen LogP) is 4.83. The first-order valence-corrected chi connectivity index (χ1v) is 7.87. The number of amides is 1. The summed E-state index contributed by atoms with van der Waals surface area (Å²) in [5.74, 6) is 0.306. The summed E-state index contributed by atoms with van der Waals surface area (Å²) >= 11 is 0. The van der Waals surface area contributed by atoms with Gasteiger partial charge >= 0.3 is 0 Å². The smallest absolute Gasteiger partial charge is 0.277 e. The number of hydrogen-bond acceptors (Lipinski definition) is 3. The fraction of sp³-hybridized carbons (Fsp3) is 0.200. The molecule has 0 radical (unpaired) electrons. The summed E-state index contributed by atoms with van der Waals surface area (Å²) < 4.78 is 5.34. The molecule has 0 unspecified atom stereocenters. The molecule has 2 aromatic carbocycles. The van der Waals surface area contributed by atoms with E-state index in [1.807, 2.05) is 57.2 Å². The monoisotopic (exact) mass is 320 g/mol. The van der Waals surface area contributed by atoms with E-state index in [2.05, 4.69) is 17.4 Å². The lowest BCUT2D eigenvalue weighted by Gasteiger charge is -2.05. The van der Waals surface area contributed by atoms with E-state index >= 15 is 0 Å². The average molecular weight is 320 g/mol. The molecule has 122 valence electrons. The number of benzene rings is 2. The highest BCUT2D eigenvalue weighted by molar-refractivity contribution is 6.03. The van der Waals surface area contributed by atoms with Crippen LogP contribution in [-0.4, -0.2) is 11.1 Å². The quantitative estimate of drug-likeness (QED) is 0.752. The van der Waals surface area contributed by atoms with E-state index in [9.17, 15) is 4.79 Å². The van der Waals surface area contributed by atoms with Crippen LogP contribution in [0.1, 0.15) is 32.7 Å². The highest BCUT2D eigenvalue weighted by Crippen LogP contribution is 2.23. The van der Waals surface area contributed by atoms with Gasteiger partial charge in [-0.05, 0) is 68.1 Å². The van der Waals surface area contributed by atoms with E-state index < -0.39 is 0 Å². The molecule has 0 saturated carbocycles. The number of nitrogens with zero attached hydrogens (tertiary/aromatic N) is 1. The molecular formula is C20H20N2O2. The number of nitrogens with one attached hydrogen (secondary N) is 1. The Hall–Kier alpha value is -2.88.